The average molecular weight is 330 g/mol. The van der Waals surface area contributed by atoms with Gasteiger partial charge in [-0.25, -0.2) is 4.79 Å². The van der Waals surface area contributed by atoms with Crippen LogP contribution in [0, 0.1) is 5.92 Å². The molecule has 0 aromatic heterocycles. The largest absolute Gasteiger partial charge is 0.527 e. The van der Waals surface area contributed by atoms with Crippen molar-refractivity contribution in [2.24, 2.45) is 5.92 Å². The Morgan fingerprint density at radius 1 is 1.00 bits per heavy atom. The fraction of sp³-hybridized carbons (Fsp3) is 0.812. The lowest BCUT2D eigenvalue weighted by molar-refractivity contribution is -0.122. The number of amides is 1. The molecule has 1 atom stereocenters. The Morgan fingerprint density at radius 2 is 1.70 bits per heavy atom. The summed E-state index contributed by atoms with van der Waals surface area (Å²) in [6.45, 7) is 4.75. The van der Waals surface area contributed by atoms with Crippen molar-refractivity contribution in [3.63, 3.8) is 0 Å². The third kappa shape index (κ3) is 13.7. The number of unbranched alkanes of at least 4 members (excludes halogenated alkanes) is 3. The maximum Gasteiger partial charge on any atom is 0.527 e. The van der Waals surface area contributed by atoms with Crippen molar-refractivity contribution < 1.29 is 24.0 Å². The van der Waals surface area contributed by atoms with Crippen molar-refractivity contribution in [3.05, 3.63) is 0 Å². The van der Waals surface area contributed by atoms with Crippen molar-refractivity contribution in [3.8, 4) is 0 Å². The zero-order chi connectivity index (χ0) is 17.5. The Bertz CT molecular complexity index is 360. The summed E-state index contributed by atoms with van der Waals surface area (Å²) >= 11 is 0. The monoisotopic (exact) mass is 330 g/mol. The molecule has 1 amide bonds. The third-order valence-electron chi connectivity index (χ3n) is 3.58. The second kappa shape index (κ2) is 14.0. The lowest BCUT2D eigenvalue weighted by Crippen LogP contribution is -2.24. The number of ether oxygens (including phenoxy) is 1. The van der Waals surface area contributed by atoms with E-state index >= 15 is 0 Å². The molecule has 0 aliphatic rings. The van der Waals surface area contributed by atoms with Crippen LogP contribution in [-0.2, 0) is 19.2 Å². The number of carbonyl (C=O) groups is 3. The van der Waals surface area contributed by atoms with E-state index in [-0.39, 0.29) is 17.6 Å². The highest BCUT2D eigenvalue weighted by atomic mass is 16.8. The molecule has 2 N–H and O–H groups in total. The first kappa shape index (κ1) is 21.4. The minimum atomic E-state index is -0.762. The van der Waals surface area contributed by atoms with Crippen LogP contribution in [0.15, 0.2) is 0 Å². The fourth-order valence-corrected chi connectivity index (χ4v) is 1.91. The lowest BCUT2D eigenvalue weighted by Gasteiger charge is -2.08. The predicted molar refractivity (Wildman–Crippen MR) is 86.7 cm³/mol. The predicted octanol–water partition coefficient (Wildman–Crippen LogP) is 2.35. The van der Waals surface area contributed by atoms with Crippen molar-refractivity contribution in [1.82, 2.24) is 10.8 Å². The maximum absolute atomic E-state index is 11.6. The molecule has 23 heavy (non-hydrogen) atoms. The van der Waals surface area contributed by atoms with E-state index in [1.165, 1.54) is 7.11 Å². The molecule has 0 fully saturated rings. The lowest BCUT2D eigenvalue weighted by atomic mass is 10.0. The van der Waals surface area contributed by atoms with Crippen LogP contribution in [0.3, 0.4) is 0 Å². The van der Waals surface area contributed by atoms with E-state index in [9.17, 15) is 14.4 Å². The van der Waals surface area contributed by atoms with Crippen molar-refractivity contribution >= 4 is 17.8 Å². The van der Waals surface area contributed by atoms with Gasteiger partial charge in [0.15, 0.2) is 0 Å². The summed E-state index contributed by atoms with van der Waals surface area (Å²) in [5.74, 6) is 0.395. The summed E-state index contributed by atoms with van der Waals surface area (Å²) < 4.78 is 4.30. The minimum absolute atomic E-state index is 0.0587. The average Bonchev–Trinajstić information content (AvgIpc) is 2.52. The number of ketones is 1. The molecular weight excluding hydrogens is 300 g/mol. The number of carbonyl (C=O) groups excluding carboxylic acids is 3. The molecule has 0 heterocycles. The molecule has 7 heteroatoms. The first-order chi connectivity index (χ1) is 11.0. The van der Waals surface area contributed by atoms with E-state index in [4.69, 9.17) is 0 Å². The Morgan fingerprint density at radius 3 is 2.35 bits per heavy atom. The molecule has 0 aromatic carbocycles. The van der Waals surface area contributed by atoms with Gasteiger partial charge >= 0.3 is 6.16 Å². The van der Waals surface area contributed by atoms with Gasteiger partial charge in [0.2, 0.25) is 5.91 Å². The Hall–Kier alpha value is -1.63. The number of Topliss-reactive ketones (excluding diaryl/α,β-unsaturated/α-hetero) is 1. The smallest absolute Gasteiger partial charge is 0.436 e. The molecule has 0 saturated heterocycles. The van der Waals surface area contributed by atoms with Gasteiger partial charge in [0.1, 0.15) is 5.78 Å². The molecular formula is C16H30N2O5. The molecule has 0 rings (SSSR count). The highest BCUT2D eigenvalue weighted by Gasteiger charge is 2.06. The SMILES string of the molecule is COC(=O)ONCCCCCC(=O)NCCCCC(C)C(C)=O. The molecule has 134 valence electrons. The normalized spacial score (nSPS) is 11.6. The molecule has 7 nitrogen and oxygen atoms in total. The molecule has 0 saturated carbocycles. The van der Waals surface area contributed by atoms with E-state index in [0.717, 1.165) is 38.5 Å². The van der Waals surface area contributed by atoms with Crippen LogP contribution in [0.4, 0.5) is 4.79 Å². The number of hydrogen-bond acceptors (Lipinski definition) is 6. The number of nitrogens with one attached hydrogen (secondary N) is 2. The maximum atomic E-state index is 11.6. The first-order valence-electron chi connectivity index (χ1n) is 8.22. The molecule has 0 aromatic rings. The summed E-state index contributed by atoms with van der Waals surface area (Å²) in [4.78, 5) is 37.8. The highest BCUT2D eigenvalue weighted by Crippen LogP contribution is 2.08. The number of rotatable bonds is 13. The van der Waals surface area contributed by atoms with Gasteiger partial charge in [-0.1, -0.05) is 19.8 Å². The van der Waals surface area contributed by atoms with Crippen molar-refractivity contribution in [2.75, 3.05) is 20.2 Å². The summed E-state index contributed by atoms with van der Waals surface area (Å²) in [6, 6.07) is 0. The van der Waals surface area contributed by atoms with E-state index in [0.29, 0.717) is 19.5 Å². The van der Waals surface area contributed by atoms with Gasteiger partial charge in [-0.15, -0.1) is 5.48 Å². The molecule has 0 aliphatic carbocycles. The zero-order valence-corrected chi connectivity index (χ0v) is 14.5. The Balaban J connectivity index is 3.34. The second-order valence-corrected chi connectivity index (χ2v) is 5.62. The summed E-state index contributed by atoms with van der Waals surface area (Å²) in [5, 5.41) is 2.88. The highest BCUT2D eigenvalue weighted by molar-refractivity contribution is 5.77. The summed E-state index contributed by atoms with van der Waals surface area (Å²) in [5.41, 5.74) is 2.49. The third-order valence-corrected chi connectivity index (χ3v) is 3.58. The molecule has 0 bridgehead atoms. The van der Waals surface area contributed by atoms with Gasteiger partial charge in [-0.05, 0) is 32.6 Å². The summed E-state index contributed by atoms with van der Waals surface area (Å²) in [7, 11) is 1.24. The number of methoxy groups -OCH3 is 1. The van der Waals surface area contributed by atoms with Crippen LogP contribution in [0.1, 0.15) is 58.8 Å². The van der Waals surface area contributed by atoms with Crippen molar-refractivity contribution in [1.29, 1.82) is 0 Å². The van der Waals surface area contributed by atoms with E-state index < -0.39 is 6.16 Å². The topological polar surface area (TPSA) is 93.7 Å². The molecule has 0 spiro atoms. The van der Waals surface area contributed by atoms with Crippen LogP contribution in [0.25, 0.3) is 0 Å². The second-order valence-electron chi connectivity index (χ2n) is 5.62. The van der Waals surface area contributed by atoms with Gasteiger partial charge < -0.3 is 14.9 Å². The fourth-order valence-electron chi connectivity index (χ4n) is 1.91. The van der Waals surface area contributed by atoms with E-state index in [2.05, 4.69) is 20.4 Å². The summed E-state index contributed by atoms with van der Waals surface area (Å²) in [6.07, 6.45) is 4.96. The number of hydroxylamine groups is 1. The molecule has 1 unspecified atom stereocenters. The zero-order valence-electron chi connectivity index (χ0n) is 14.5. The van der Waals surface area contributed by atoms with Gasteiger partial charge in [0, 0.05) is 25.4 Å². The van der Waals surface area contributed by atoms with Crippen LogP contribution in [0.2, 0.25) is 0 Å². The first-order valence-corrected chi connectivity index (χ1v) is 8.22. The van der Waals surface area contributed by atoms with Crippen LogP contribution in [0.5, 0.6) is 0 Å². The van der Waals surface area contributed by atoms with Gasteiger partial charge in [-0.2, -0.15) is 0 Å². The Labute approximate surface area is 138 Å². The minimum Gasteiger partial charge on any atom is -0.436 e. The number of hydrogen-bond donors (Lipinski definition) is 2. The molecule has 0 aliphatic heterocycles. The Kier molecular flexibility index (Phi) is 13.0. The van der Waals surface area contributed by atoms with E-state index in [1.807, 2.05) is 6.92 Å². The van der Waals surface area contributed by atoms with Crippen LogP contribution in [-0.4, -0.2) is 38.0 Å². The van der Waals surface area contributed by atoms with Gasteiger partial charge in [-0.3, -0.25) is 9.59 Å². The van der Waals surface area contributed by atoms with Crippen LogP contribution >= 0.6 is 0 Å². The van der Waals surface area contributed by atoms with Crippen molar-refractivity contribution in [2.45, 2.75) is 58.8 Å². The van der Waals surface area contributed by atoms with Crippen LogP contribution < -0.4 is 10.8 Å². The standard InChI is InChI=1S/C16H30N2O5/c1-13(14(2)19)9-6-8-11-17-15(20)10-5-4-7-12-18-23-16(21)22-3/h13,18H,4-12H2,1-3H3,(H,17,20). The van der Waals surface area contributed by atoms with Gasteiger partial charge in [0.05, 0.1) is 7.11 Å². The van der Waals surface area contributed by atoms with Gasteiger partial charge in [0.25, 0.3) is 0 Å². The van der Waals surface area contributed by atoms with E-state index in [1.54, 1.807) is 6.92 Å². The quantitative estimate of drug-likeness (QED) is 0.306. The molecule has 0 radical (unpaired) electrons.